The quantitative estimate of drug-likeness (QED) is 0.0912. The van der Waals surface area contributed by atoms with E-state index in [1.54, 1.807) is 42.5 Å². The first-order chi connectivity index (χ1) is 25.3. The van der Waals surface area contributed by atoms with E-state index in [0.29, 0.717) is 31.4 Å². The summed E-state index contributed by atoms with van der Waals surface area (Å²) in [6.07, 6.45) is 1.33. The molecule has 0 saturated heterocycles. The monoisotopic (exact) mass is 763 g/mol. The van der Waals surface area contributed by atoms with Gasteiger partial charge in [0.25, 0.3) is 5.91 Å². The van der Waals surface area contributed by atoms with E-state index in [9.17, 15) is 41.7 Å². The third kappa shape index (κ3) is 8.01. The van der Waals surface area contributed by atoms with Crippen LogP contribution in [0.1, 0.15) is 44.6 Å². The van der Waals surface area contributed by atoms with Gasteiger partial charge in [0.1, 0.15) is 10.9 Å². The van der Waals surface area contributed by atoms with Crippen LogP contribution in [0.15, 0.2) is 88.7 Å². The molecule has 7 N–H and O–H groups in total. The molecule has 2 aliphatic rings. The Bertz CT molecular complexity index is 2250. The third-order valence-electron chi connectivity index (χ3n) is 9.52. The zero-order valence-corrected chi connectivity index (χ0v) is 30.4. The molecular weight excluding hydrogens is 723 g/mol. The van der Waals surface area contributed by atoms with E-state index in [1.165, 1.54) is 17.0 Å². The lowest BCUT2D eigenvalue weighted by Gasteiger charge is -2.30. The Balaban J connectivity index is 1.24. The largest absolute Gasteiger partial charge is 0.504 e. The molecule has 4 aromatic rings. The number of hydrogen-bond acceptors (Lipinski definition) is 10. The maximum atomic E-state index is 13.9. The summed E-state index contributed by atoms with van der Waals surface area (Å²) in [5.74, 6) is -4.57. The minimum Gasteiger partial charge on any atom is -0.504 e. The Morgan fingerprint density at radius 1 is 0.774 bits per heavy atom. The molecule has 53 heavy (non-hydrogen) atoms. The molecule has 0 aliphatic carbocycles. The molecule has 2 heterocycles. The number of carbonyl (C=O) groups is 2. The summed E-state index contributed by atoms with van der Waals surface area (Å²) in [5, 5.41) is 34.8. The van der Waals surface area contributed by atoms with Crippen LogP contribution in [-0.4, -0.2) is 85.4 Å². The Kier molecular flexibility index (Phi) is 11.1. The maximum Gasteiger partial charge on any atom is 0.258 e. The maximum absolute atomic E-state index is 13.9. The van der Waals surface area contributed by atoms with Gasteiger partial charge in [0, 0.05) is 32.7 Å². The number of rotatable bonds is 12. The van der Waals surface area contributed by atoms with E-state index in [0.717, 1.165) is 32.6 Å². The number of nitrogens with one attached hydrogen (secondary N) is 2. The van der Waals surface area contributed by atoms with Crippen LogP contribution >= 0.6 is 0 Å². The molecule has 6 rings (SSSR count). The van der Waals surface area contributed by atoms with Crippen molar-refractivity contribution >= 4 is 31.9 Å². The highest BCUT2D eigenvalue weighted by Crippen LogP contribution is 2.44. The van der Waals surface area contributed by atoms with Gasteiger partial charge in [0.05, 0.1) is 10.5 Å². The number of nitrogens with two attached hydrogens (primary N) is 1. The number of phenolic OH excluding ortho intramolecular Hbond substituents is 3. The summed E-state index contributed by atoms with van der Waals surface area (Å²) < 4.78 is 58.6. The van der Waals surface area contributed by atoms with E-state index < -0.39 is 65.6 Å². The van der Waals surface area contributed by atoms with Crippen LogP contribution < -0.4 is 15.8 Å². The highest BCUT2D eigenvalue weighted by molar-refractivity contribution is 7.89. The zero-order chi connectivity index (χ0) is 37.9. The highest BCUT2D eigenvalue weighted by Gasteiger charge is 2.36. The minimum atomic E-state index is -4.44. The predicted molar refractivity (Wildman–Crippen MR) is 195 cm³/mol. The van der Waals surface area contributed by atoms with Crippen LogP contribution in [0.4, 0.5) is 0 Å². The second-order valence-corrected chi connectivity index (χ2v) is 16.6. The van der Waals surface area contributed by atoms with Gasteiger partial charge in [-0.25, -0.2) is 16.8 Å². The van der Waals surface area contributed by atoms with Crippen molar-refractivity contribution < 1.29 is 41.7 Å². The molecule has 4 aromatic carbocycles. The van der Waals surface area contributed by atoms with Crippen molar-refractivity contribution in [1.29, 1.82) is 0 Å². The molecule has 14 nitrogen and oxygen atoms in total. The molecule has 16 heteroatoms. The number of hydrogen-bond donors (Lipinski definition) is 6. The van der Waals surface area contributed by atoms with Crippen molar-refractivity contribution in [3.8, 4) is 17.2 Å². The van der Waals surface area contributed by atoms with Gasteiger partial charge < -0.3 is 31.3 Å². The molecule has 1 atom stereocenters. The van der Waals surface area contributed by atoms with Crippen LogP contribution in [0.5, 0.6) is 17.2 Å². The van der Waals surface area contributed by atoms with E-state index in [-0.39, 0.29) is 44.0 Å². The van der Waals surface area contributed by atoms with Crippen LogP contribution in [0.2, 0.25) is 0 Å². The van der Waals surface area contributed by atoms with Crippen molar-refractivity contribution in [3.63, 3.8) is 0 Å². The zero-order valence-electron chi connectivity index (χ0n) is 28.7. The lowest BCUT2D eigenvalue weighted by atomic mass is 9.99. The fraction of sp³-hybridized carbons (Fsp3) is 0.297. The van der Waals surface area contributed by atoms with Gasteiger partial charge in [-0.15, -0.1) is 0 Å². The second-order valence-electron chi connectivity index (χ2n) is 13.0. The summed E-state index contributed by atoms with van der Waals surface area (Å²) in [7, 11) is -8.70. The van der Waals surface area contributed by atoms with Gasteiger partial charge >= 0.3 is 0 Å². The van der Waals surface area contributed by atoms with E-state index >= 15 is 0 Å². The first-order valence-electron chi connectivity index (χ1n) is 17.1. The number of benzene rings is 4. The number of fused-ring (bicyclic) bond motifs is 2. The first kappa shape index (κ1) is 37.7. The minimum absolute atomic E-state index is 0.0117. The molecule has 2 aliphatic heterocycles. The molecule has 0 aromatic heterocycles. The third-order valence-corrected chi connectivity index (χ3v) is 12.8. The predicted octanol–water partition coefficient (Wildman–Crippen LogP) is 2.10. The normalized spacial score (nSPS) is 15.3. The van der Waals surface area contributed by atoms with Crippen molar-refractivity contribution in [2.45, 2.75) is 54.6 Å². The number of carbonyl (C=O) groups excluding carboxylic acids is 2. The van der Waals surface area contributed by atoms with Gasteiger partial charge in [-0.3, -0.25) is 9.59 Å². The lowest BCUT2D eigenvalue weighted by molar-refractivity contribution is -0.122. The standard InChI is InChI=1S/C37H41N5O9S2/c38-15-6-16-39-36(46)31(19-24-7-2-1-3-8-24)40-52(48,49)29-12-11-26-13-17-41(22-28(26)20-29)37(47)30-21-32(34(44)35(45)33(30)43)53(50,51)42-18-14-25-9-4-5-10-27(25)23-42/h1-5,7-12,20-21,31,40,43-45H,6,13-19,22-23,38H2,(H,39,46)/t31-/m0/s1. The Labute approximate surface area is 308 Å². The average molecular weight is 764 g/mol. The van der Waals surface area contributed by atoms with Gasteiger partial charge in [-0.1, -0.05) is 60.7 Å². The van der Waals surface area contributed by atoms with Crippen molar-refractivity contribution in [3.05, 3.63) is 112 Å². The number of sulfonamides is 2. The van der Waals surface area contributed by atoms with Gasteiger partial charge in [-0.05, 0) is 78.2 Å². The number of phenols is 3. The van der Waals surface area contributed by atoms with E-state index in [4.69, 9.17) is 5.73 Å². The van der Waals surface area contributed by atoms with Crippen molar-refractivity contribution in [1.82, 2.24) is 19.2 Å². The molecule has 0 fully saturated rings. The summed E-state index contributed by atoms with van der Waals surface area (Å²) in [6, 6.07) is 20.5. The van der Waals surface area contributed by atoms with Gasteiger partial charge in [0.2, 0.25) is 31.7 Å². The number of nitrogens with zero attached hydrogens (tertiary/aromatic N) is 2. The van der Waals surface area contributed by atoms with E-state index in [1.807, 2.05) is 18.2 Å². The van der Waals surface area contributed by atoms with Crippen LogP contribution in [0, 0.1) is 0 Å². The number of aromatic hydroxyl groups is 3. The van der Waals surface area contributed by atoms with Crippen LogP contribution in [0.25, 0.3) is 0 Å². The molecule has 0 saturated carbocycles. The molecule has 2 amide bonds. The topological polar surface area (TPSA) is 220 Å². The van der Waals surface area contributed by atoms with Crippen molar-refractivity contribution in [2.24, 2.45) is 5.73 Å². The Hall–Kier alpha value is -5.00. The molecule has 0 radical (unpaired) electrons. The highest BCUT2D eigenvalue weighted by atomic mass is 32.2. The van der Waals surface area contributed by atoms with Gasteiger partial charge in [0.15, 0.2) is 11.5 Å². The lowest BCUT2D eigenvalue weighted by Crippen LogP contribution is -2.48. The van der Waals surface area contributed by atoms with Crippen LogP contribution in [0.3, 0.4) is 0 Å². The van der Waals surface area contributed by atoms with Crippen LogP contribution in [-0.2, 0) is 57.2 Å². The Morgan fingerprint density at radius 2 is 1.45 bits per heavy atom. The SMILES string of the molecule is NCCCNC(=O)[C@H](Cc1ccccc1)NS(=O)(=O)c1ccc2c(c1)CN(C(=O)c1cc(S(=O)(=O)N3CCc4ccccc4C3)c(O)c(O)c1O)CC2. The molecule has 0 bridgehead atoms. The average Bonchev–Trinajstić information content (AvgIpc) is 3.16. The van der Waals surface area contributed by atoms with Crippen molar-refractivity contribution in [2.75, 3.05) is 26.2 Å². The van der Waals surface area contributed by atoms with E-state index in [2.05, 4.69) is 10.0 Å². The molecule has 0 spiro atoms. The summed E-state index contributed by atoms with van der Waals surface area (Å²) in [6.45, 7) is 0.753. The first-order valence-corrected chi connectivity index (χ1v) is 20.0. The summed E-state index contributed by atoms with van der Waals surface area (Å²) in [5.41, 5.74) is 8.75. The Morgan fingerprint density at radius 3 is 2.19 bits per heavy atom. The fourth-order valence-electron chi connectivity index (χ4n) is 6.57. The summed E-state index contributed by atoms with van der Waals surface area (Å²) in [4.78, 5) is 27.4. The smallest absolute Gasteiger partial charge is 0.258 e. The number of amides is 2. The summed E-state index contributed by atoms with van der Waals surface area (Å²) >= 11 is 0. The molecule has 0 unspecified atom stereocenters. The molecular formula is C37H41N5O9S2. The van der Waals surface area contributed by atoms with Gasteiger partial charge in [-0.2, -0.15) is 9.03 Å². The second kappa shape index (κ2) is 15.5. The molecule has 280 valence electrons. The fourth-order valence-corrected chi connectivity index (χ4v) is 9.34.